The molecule has 0 N–H and O–H groups in total. The van der Waals surface area contributed by atoms with Crippen molar-refractivity contribution in [2.24, 2.45) is 0 Å². The summed E-state index contributed by atoms with van der Waals surface area (Å²) in [5.41, 5.74) is 0.794. The van der Waals surface area contributed by atoms with Crippen LogP contribution in [0.3, 0.4) is 0 Å². The highest BCUT2D eigenvalue weighted by Gasteiger charge is 2.17. The maximum absolute atomic E-state index is 12.2. The Bertz CT molecular complexity index is 615. The van der Waals surface area contributed by atoms with Gasteiger partial charge >= 0.3 is 0 Å². The molecule has 2 aromatic rings. The molecule has 3 nitrogen and oxygen atoms in total. The summed E-state index contributed by atoms with van der Waals surface area (Å²) in [6.45, 7) is 2.81. The summed E-state index contributed by atoms with van der Waals surface area (Å²) < 4.78 is 5.59. The molecule has 114 valence electrons. The van der Waals surface area contributed by atoms with E-state index in [4.69, 9.17) is 4.74 Å². The summed E-state index contributed by atoms with van der Waals surface area (Å²) >= 11 is 0. The molecule has 0 aliphatic heterocycles. The van der Waals surface area contributed by atoms with Gasteiger partial charge in [0, 0.05) is 11.1 Å². The van der Waals surface area contributed by atoms with Crippen LogP contribution in [0.4, 0.5) is 0 Å². The lowest BCUT2D eigenvalue weighted by atomic mass is 10.0. The van der Waals surface area contributed by atoms with Crippen LogP contribution >= 0.6 is 0 Å². The highest BCUT2D eigenvalue weighted by atomic mass is 16.5. The molecule has 2 rings (SSSR count). The van der Waals surface area contributed by atoms with Gasteiger partial charge in [-0.05, 0) is 30.7 Å². The minimum absolute atomic E-state index is 0.384. The van der Waals surface area contributed by atoms with E-state index in [0.29, 0.717) is 17.7 Å². The molecule has 3 heteroatoms. The number of Topliss-reactive ketones (excluding diaryl/α,β-unsaturated/α-hetero) is 2. The van der Waals surface area contributed by atoms with Crippen LogP contribution in [-0.2, 0) is 0 Å². The second-order valence-corrected chi connectivity index (χ2v) is 5.10. The Morgan fingerprint density at radius 3 is 2.00 bits per heavy atom. The Hall–Kier alpha value is -2.42. The van der Waals surface area contributed by atoms with E-state index < -0.39 is 11.6 Å². The van der Waals surface area contributed by atoms with Gasteiger partial charge in [0.2, 0.25) is 11.6 Å². The quantitative estimate of drug-likeness (QED) is 0.414. The number of ether oxygens (including phenoxy) is 1. The number of carbonyl (C=O) groups is 2. The topological polar surface area (TPSA) is 43.4 Å². The molecule has 0 aliphatic carbocycles. The zero-order valence-electron chi connectivity index (χ0n) is 12.7. The molecular formula is C19H20O3. The Kier molecular flexibility index (Phi) is 5.90. The molecule has 0 unspecified atom stereocenters. The largest absolute Gasteiger partial charge is 0.494 e. The molecule has 0 saturated heterocycles. The first-order chi connectivity index (χ1) is 10.7. The van der Waals surface area contributed by atoms with E-state index in [1.165, 1.54) is 0 Å². The van der Waals surface area contributed by atoms with Crippen molar-refractivity contribution in [2.45, 2.75) is 26.2 Å². The number of unbranched alkanes of at least 4 members (excludes halogenated alkanes) is 2. The third-order valence-electron chi connectivity index (χ3n) is 3.38. The fraction of sp³-hybridized carbons (Fsp3) is 0.263. The first-order valence-corrected chi connectivity index (χ1v) is 7.59. The molecule has 0 aromatic heterocycles. The predicted molar refractivity (Wildman–Crippen MR) is 86.6 cm³/mol. The molecule has 0 saturated carbocycles. The van der Waals surface area contributed by atoms with Crippen LogP contribution in [0.1, 0.15) is 46.9 Å². The summed E-state index contributed by atoms with van der Waals surface area (Å²) in [7, 11) is 0. The average molecular weight is 296 g/mol. The van der Waals surface area contributed by atoms with E-state index in [2.05, 4.69) is 6.92 Å². The predicted octanol–water partition coefficient (Wildman–Crippen LogP) is 4.32. The van der Waals surface area contributed by atoms with Gasteiger partial charge in [0.1, 0.15) is 5.75 Å². The van der Waals surface area contributed by atoms with Crippen LogP contribution in [0.25, 0.3) is 0 Å². The van der Waals surface area contributed by atoms with Gasteiger partial charge in [-0.25, -0.2) is 0 Å². The number of benzene rings is 2. The average Bonchev–Trinajstić information content (AvgIpc) is 2.59. The molecule has 22 heavy (non-hydrogen) atoms. The minimum atomic E-state index is -0.497. The number of rotatable bonds is 8. The van der Waals surface area contributed by atoms with Gasteiger partial charge in [0.15, 0.2) is 0 Å². The minimum Gasteiger partial charge on any atom is -0.494 e. The Morgan fingerprint density at radius 2 is 1.41 bits per heavy atom. The van der Waals surface area contributed by atoms with Gasteiger partial charge in [-0.3, -0.25) is 9.59 Å². The smallest absolute Gasteiger partial charge is 0.233 e. The van der Waals surface area contributed by atoms with Gasteiger partial charge in [-0.1, -0.05) is 50.1 Å². The van der Waals surface area contributed by atoms with Crippen LogP contribution in [0.15, 0.2) is 54.6 Å². The van der Waals surface area contributed by atoms with Gasteiger partial charge in [0.05, 0.1) is 6.61 Å². The normalized spacial score (nSPS) is 10.2. The fourth-order valence-electron chi connectivity index (χ4n) is 2.10. The Balaban J connectivity index is 1.98. The summed E-state index contributed by atoms with van der Waals surface area (Å²) in [6, 6.07) is 15.3. The molecule has 0 radical (unpaired) electrons. The molecule has 0 atom stereocenters. The van der Waals surface area contributed by atoms with Crippen LogP contribution < -0.4 is 4.74 Å². The first kappa shape index (κ1) is 16.0. The van der Waals surface area contributed by atoms with E-state index in [9.17, 15) is 9.59 Å². The SMILES string of the molecule is CCCCCOc1ccc(C(=O)C(=O)c2ccccc2)cc1. The van der Waals surface area contributed by atoms with Crippen molar-refractivity contribution in [3.8, 4) is 5.75 Å². The van der Waals surface area contributed by atoms with Gasteiger partial charge in [-0.15, -0.1) is 0 Å². The Labute approximate surface area is 130 Å². The molecular weight excluding hydrogens is 276 g/mol. The van der Waals surface area contributed by atoms with E-state index in [1.54, 1.807) is 48.5 Å². The highest BCUT2D eigenvalue weighted by Crippen LogP contribution is 2.15. The zero-order valence-corrected chi connectivity index (χ0v) is 12.7. The Morgan fingerprint density at radius 1 is 0.818 bits per heavy atom. The molecule has 0 bridgehead atoms. The molecule has 0 spiro atoms. The van der Waals surface area contributed by atoms with E-state index >= 15 is 0 Å². The standard InChI is InChI=1S/C19H20O3/c1-2-3-7-14-22-17-12-10-16(11-13-17)19(21)18(20)15-8-5-4-6-9-15/h4-6,8-13H,2-3,7,14H2,1H3. The van der Waals surface area contributed by atoms with Crippen LogP contribution in [-0.4, -0.2) is 18.2 Å². The van der Waals surface area contributed by atoms with Crippen molar-refractivity contribution < 1.29 is 14.3 Å². The second kappa shape index (κ2) is 8.13. The maximum atomic E-state index is 12.2. The lowest BCUT2D eigenvalue weighted by molar-refractivity contribution is 0.0817. The zero-order chi connectivity index (χ0) is 15.8. The summed E-state index contributed by atoms with van der Waals surface area (Å²) in [5, 5.41) is 0. The van der Waals surface area contributed by atoms with Crippen molar-refractivity contribution in [1.82, 2.24) is 0 Å². The highest BCUT2D eigenvalue weighted by molar-refractivity contribution is 6.49. The number of hydrogen-bond donors (Lipinski definition) is 0. The van der Waals surface area contributed by atoms with E-state index in [1.807, 2.05) is 6.07 Å². The number of ketones is 2. The van der Waals surface area contributed by atoms with Crippen molar-refractivity contribution in [1.29, 1.82) is 0 Å². The van der Waals surface area contributed by atoms with Crippen molar-refractivity contribution >= 4 is 11.6 Å². The second-order valence-electron chi connectivity index (χ2n) is 5.10. The van der Waals surface area contributed by atoms with Gasteiger partial charge in [-0.2, -0.15) is 0 Å². The van der Waals surface area contributed by atoms with Crippen molar-refractivity contribution in [3.63, 3.8) is 0 Å². The van der Waals surface area contributed by atoms with E-state index in [0.717, 1.165) is 25.0 Å². The number of hydrogen-bond acceptors (Lipinski definition) is 3. The summed E-state index contributed by atoms with van der Waals surface area (Å²) in [6.07, 6.45) is 3.31. The van der Waals surface area contributed by atoms with Crippen LogP contribution in [0.2, 0.25) is 0 Å². The summed E-state index contributed by atoms with van der Waals surface area (Å²) in [5.74, 6) is -0.263. The van der Waals surface area contributed by atoms with Gasteiger partial charge in [0.25, 0.3) is 0 Å². The molecule has 2 aromatic carbocycles. The van der Waals surface area contributed by atoms with E-state index in [-0.39, 0.29) is 0 Å². The fourth-order valence-corrected chi connectivity index (χ4v) is 2.10. The van der Waals surface area contributed by atoms with Crippen LogP contribution in [0, 0.1) is 0 Å². The van der Waals surface area contributed by atoms with Crippen LogP contribution in [0.5, 0.6) is 5.75 Å². The molecule has 0 aliphatic rings. The monoisotopic (exact) mass is 296 g/mol. The molecule has 0 fully saturated rings. The van der Waals surface area contributed by atoms with Gasteiger partial charge < -0.3 is 4.74 Å². The van der Waals surface area contributed by atoms with Crippen molar-refractivity contribution in [3.05, 3.63) is 65.7 Å². The van der Waals surface area contributed by atoms with Crippen molar-refractivity contribution in [2.75, 3.05) is 6.61 Å². The molecule has 0 amide bonds. The lowest BCUT2D eigenvalue weighted by Gasteiger charge is -2.06. The third-order valence-corrected chi connectivity index (χ3v) is 3.38. The third kappa shape index (κ3) is 4.29. The lowest BCUT2D eigenvalue weighted by Crippen LogP contribution is -2.14. The maximum Gasteiger partial charge on any atom is 0.233 e. The summed E-state index contributed by atoms with van der Waals surface area (Å²) in [4.78, 5) is 24.3. The first-order valence-electron chi connectivity index (χ1n) is 7.59. The molecule has 0 heterocycles. The number of carbonyl (C=O) groups excluding carboxylic acids is 2.